The number of hydrogen-bond donors (Lipinski definition) is 1. The highest BCUT2D eigenvalue weighted by molar-refractivity contribution is 5.81. The monoisotopic (exact) mass is 292 g/mol. The van der Waals surface area contributed by atoms with Crippen molar-refractivity contribution in [3.8, 4) is 0 Å². The maximum atomic E-state index is 13.2. The molecule has 0 aliphatic heterocycles. The van der Waals surface area contributed by atoms with Crippen molar-refractivity contribution in [2.24, 2.45) is 11.7 Å². The van der Waals surface area contributed by atoms with Crippen LogP contribution in [0.15, 0.2) is 24.3 Å². The lowest BCUT2D eigenvalue weighted by Crippen LogP contribution is -2.42. The molecule has 1 aromatic carbocycles. The Morgan fingerprint density at radius 1 is 1.38 bits per heavy atom. The van der Waals surface area contributed by atoms with Gasteiger partial charge < -0.3 is 10.6 Å². The number of benzene rings is 1. The first-order valence-corrected chi connectivity index (χ1v) is 7.81. The molecular weight excluding hydrogens is 267 g/mol. The quantitative estimate of drug-likeness (QED) is 0.906. The first-order valence-electron chi connectivity index (χ1n) is 7.81. The maximum Gasteiger partial charge on any atom is 0.239 e. The number of carbonyl (C=O) groups is 1. The molecule has 1 amide bonds. The van der Waals surface area contributed by atoms with E-state index in [9.17, 15) is 9.18 Å². The summed E-state index contributed by atoms with van der Waals surface area (Å²) in [6.45, 7) is 0.398. The number of rotatable bonds is 5. The van der Waals surface area contributed by atoms with Gasteiger partial charge in [-0.25, -0.2) is 4.39 Å². The Morgan fingerprint density at radius 3 is 2.76 bits per heavy atom. The van der Waals surface area contributed by atoms with Gasteiger partial charge in [-0.05, 0) is 30.0 Å². The third-order valence-corrected chi connectivity index (χ3v) is 4.31. The molecule has 1 atom stereocenters. The van der Waals surface area contributed by atoms with E-state index >= 15 is 0 Å². The maximum absolute atomic E-state index is 13.2. The van der Waals surface area contributed by atoms with Gasteiger partial charge in [-0.1, -0.05) is 44.2 Å². The van der Waals surface area contributed by atoms with Crippen LogP contribution in [0.5, 0.6) is 0 Å². The van der Waals surface area contributed by atoms with E-state index in [1.807, 2.05) is 6.07 Å². The van der Waals surface area contributed by atoms with Crippen LogP contribution in [0.3, 0.4) is 0 Å². The fourth-order valence-corrected chi connectivity index (χ4v) is 3.15. The van der Waals surface area contributed by atoms with Crippen molar-refractivity contribution >= 4 is 5.91 Å². The molecule has 4 heteroatoms. The summed E-state index contributed by atoms with van der Waals surface area (Å²) < 4.78 is 13.2. The third-order valence-electron chi connectivity index (χ3n) is 4.31. The zero-order valence-corrected chi connectivity index (χ0v) is 12.7. The van der Waals surface area contributed by atoms with Crippen molar-refractivity contribution in [3.63, 3.8) is 0 Å². The summed E-state index contributed by atoms with van der Waals surface area (Å²) in [5.74, 6) is 0.255. The summed E-state index contributed by atoms with van der Waals surface area (Å²) in [6.07, 6.45) is 6.96. The highest BCUT2D eigenvalue weighted by Crippen LogP contribution is 2.27. The number of halogens is 1. The van der Waals surface area contributed by atoms with Crippen molar-refractivity contribution in [3.05, 3.63) is 35.6 Å². The van der Waals surface area contributed by atoms with Gasteiger partial charge in [0.15, 0.2) is 0 Å². The summed E-state index contributed by atoms with van der Waals surface area (Å²) in [5.41, 5.74) is 6.85. The van der Waals surface area contributed by atoms with E-state index in [1.54, 1.807) is 18.0 Å². The zero-order valence-electron chi connectivity index (χ0n) is 12.7. The predicted molar refractivity (Wildman–Crippen MR) is 82.0 cm³/mol. The molecule has 0 aromatic heterocycles. The molecule has 1 aliphatic carbocycles. The van der Waals surface area contributed by atoms with Crippen LogP contribution in [0.25, 0.3) is 0 Å². The molecule has 1 aliphatic rings. The van der Waals surface area contributed by atoms with E-state index in [4.69, 9.17) is 5.73 Å². The average Bonchev–Trinajstić information content (AvgIpc) is 2.47. The highest BCUT2D eigenvalue weighted by atomic mass is 19.1. The minimum absolute atomic E-state index is 0.0511. The summed E-state index contributed by atoms with van der Waals surface area (Å²) in [5, 5.41) is 0. The molecule has 2 rings (SSSR count). The van der Waals surface area contributed by atoms with Gasteiger partial charge in [0.1, 0.15) is 5.82 Å². The molecule has 0 saturated heterocycles. The van der Waals surface area contributed by atoms with Gasteiger partial charge in [-0.2, -0.15) is 0 Å². The van der Waals surface area contributed by atoms with Gasteiger partial charge >= 0.3 is 0 Å². The van der Waals surface area contributed by atoms with Gasteiger partial charge in [-0.15, -0.1) is 0 Å². The van der Waals surface area contributed by atoms with Crippen molar-refractivity contribution in [1.29, 1.82) is 0 Å². The minimum Gasteiger partial charge on any atom is -0.340 e. The molecular formula is C17H25FN2O. The van der Waals surface area contributed by atoms with E-state index in [2.05, 4.69) is 0 Å². The number of likely N-dealkylation sites (N-methyl/N-ethyl adjacent to an activating group) is 1. The summed E-state index contributed by atoms with van der Waals surface area (Å²) in [6, 6.07) is 5.90. The first-order chi connectivity index (χ1) is 10.1. The molecule has 3 nitrogen and oxygen atoms in total. The van der Waals surface area contributed by atoms with Gasteiger partial charge in [0.2, 0.25) is 5.91 Å². The number of nitrogens with zero attached hydrogens (tertiary/aromatic N) is 1. The standard InChI is InChI=1S/C17H25FN2O/c1-20(12-14-8-5-9-15(18)10-14)17(21)16(19)11-13-6-3-2-4-7-13/h5,8-10,13,16H,2-4,6-7,11-12,19H2,1H3. The van der Waals surface area contributed by atoms with E-state index in [1.165, 1.54) is 44.2 Å². The van der Waals surface area contributed by atoms with Crippen LogP contribution in [0.2, 0.25) is 0 Å². The van der Waals surface area contributed by atoms with Gasteiger partial charge in [0.25, 0.3) is 0 Å². The van der Waals surface area contributed by atoms with Crippen LogP contribution in [0.1, 0.15) is 44.1 Å². The lowest BCUT2D eigenvalue weighted by molar-refractivity contribution is -0.132. The van der Waals surface area contributed by atoms with Crippen LogP contribution >= 0.6 is 0 Å². The SMILES string of the molecule is CN(Cc1cccc(F)c1)C(=O)C(N)CC1CCCCC1. The fourth-order valence-electron chi connectivity index (χ4n) is 3.15. The molecule has 2 N–H and O–H groups in total. The molecule has 0 bridgehead atoms. The van der Waals surface area contributed by atoms with E-state index < -0.39 is 6.04 Å². The molecule has 0 radical (unpaired) electrons. The molecule has 1 unspecified atom stereocenters. The largest absolute Gasteiger partial charge is 0.340 e. The number of carbonyl (C=O) groups excluding carboxylic acids is 1. The number of amides is 1. The van der Waals surface area contributed by atoms with Crippen LogP contribution in [-0.2, 0) is 11.3 Å². The summed E-state index contributed by atoms with van der Waals surface area (Å²) in [4.78, 5) is 13.9. The first kappa shape index (κ1) is 16.0. The van der Waals surface area contributed by atoms with E-state index in [-0.39, 0.29) is 11.7 Å². The second-order valence-electron chi connectivity index (χ2n) is 6.17. The molecule has 1 aromatic rings. The smallest absolute Gasteiger partial charge is 0.239 e. The van der Waals surface area contributed by atoms with E-state index in [0.717, 1.165) is 12.0 Å². The molecule has 116 valence electrons. The van der Waals surface area contributed by atoms with Crippen LogP contribution in [-0.4, -0.2) is 23.9 Å². The Kier molecular flexibility index (Phi) is 5.74. The van der Waals surface area contributed by atoms with Crippen molar-refractivity contribution in [1.82, 2.24) is 4.90 Å². The lowest BCUT2D eigenvalue weighted by Gasteiger charge is -2.27. The minimum atomic E-state index is -0.438. The zero-order chi connectivity index (χ0) is 15.2. The summed E-state index contributed by atoms with van der Waals surface area (Å²) >= 11 is 0. The molecule has 1 saturated carbocycles. The Hall–Kier alpha value is -1.42. The molecule has 1 fully saturated rings. The number of hydrogen-bond acceptors (Lipinski definition) is 2. The van der Waals surface area contributed by atoms with Gasteiger partial charge in [0, 0.05) is 13.6 Å². The summed E-state index contributed by atoms with van der Waals surface area (Å²) in [7, 11) is 1.73. The second-order valence-corrected chi connectivity index (χ2v) is 6.17. The molecule has 21 heavy (non-hydrogen) atoms. The normalized spacial score (nSPS) is 17.5. The van der Waals surface area contributed by atoms with Crippen LogP contribution < -0.4 is 5.73 Å². The van der Waals surface area contributed by atoms with Gasteiger partial charge in [-0.3, -0.25) is 4.79 Å². The Bertz CT molecular complexity index is 472. The second kappa shape index (κ2) is 7.55. The van der Waals surface area contributed by atoms with Crippen molar-refractivity contribution in [2.45, 2.75) is 51.1 Å². The highest BCUT2D eigenvalue weighted by Gasteiger charge is 2.23. The fraction of sp³-hybridized carbons (Fsp3) is 0.588. The van der Waals surface area contributed by atoms with Crippen molar-refractivity contribution < 1.29 is 9.18 Å². The lowest BCUT2D eigenvalue weighted by atomic mass is 9.85. The molecule has 0 heterocycles. The Morgan fingerprint density at radius 2 is 2.10 bits per heavy atom. The van der Waals surface area contributed by atoms with Crippen LogP contribution in [0.4, 0.5) is 4.39 Å². The van der Waals surface area contributed by atoms with Gasteiger partial charge in [0.05, 0.1) is 6.04 Å². The Labute approximate surface area is 126 Å². The average molecular weight is 292 g/mol. The Balaban J connectivity index is 1.85. The molecule has 0 spiro atoms. The number of nitrogens with two attached hydrogens (primary N) is 1. The van der Waals surface area contributed by atoms with Crippen molar-refractivity contribution in [2.75, 3.05) is 7.05 Å². The van der Waals surface area contributed by atoms with E-state index in [0.29, 0.717) is 12.5 Å². The third kappa shape index (κ3) is 4.81. The topological polar surface area (TPSA) is 46.3 Å². The van der Waals surface area contributed by atoms with Crippen LogP contribution in [0, 0.1) is 11.7 Å². The predicted octanol–water partition coefficient (Wildman–Crippen LogP) is 3.08.